The van der Waals surface area contributed by atoms with Gasteiger partial charge in [-0.2, -0.15) is 11.8 Å². The van der Waals surface area contributed by atoms with Gasteiger partial charge in [-0.15, -0.1) is 0 Å². The van der Waals surface area contributed by atoms with Crippen LogP contribution >= 0.6 is 11.8 Å². The molecule has 0 aliphatic rings. The minimum absolute atomic E-state index is 0.0207. The number of hydrogen-bond donors (Lipinski definition) is 2. The van der Waals surface area contributed by atoms with E-state index in [9.17, 15) is 9.59 Å². The van der Waals surface area contributed by atoms with Gasteiger partial charge in [0.2, 0.25) is 11.8 Å². The SMILES string of the molecule is CC(C)(C)CCC(=O)NCCOCCOCCOCCOCCOCCOCCOCCOCCC(=O)NCCSCC(C)(C)C. The van der Waals surface area contributed by atoms with E-state index in [0.29, 0.717) is 137 Å². The zero-order valence-electron chi connectivity index (χ0n) is 29.8. The topological polar surface area (TPSA) is 132 Å². The van der Waals surface area contributed by atoms with Crippen molar-refractivity contribution in [2.75, 3.05) is 130 Å². The first kappa shape index (κ1) is 45.0. The molecule has 0 spiro atoms. The van der Waals surface area contributed by atoms with Crippen molar-refractivity contribution in [2.45, 2.75) is 60.8 Å². The predicted octanol–water partition coefficient (Wildman–Crippen LogP) is 3.35. The minimum Gasteiger partial charge on any atom is -0.379 e. The molecule has 0 aliphatic carbocycles. The molecule has 12 nitrogen and oxygen atoms in total. The third-order valence-electron chi connectivity index (χ3n) is 5.85. The smallest absolute Gasteiger partial charge is 0.222 e. The zero-order chi connectivity index (χ0) is 34.2. The Morgan fingerprint density at radius 3 is 1.20 bits per heavy atom. The first-order valence-electron chi connectivity index (χ1n) is 16.7. The number of thioether (sulfide) groups is 1. The molecule has 0 aliphatic heterocycles. The molecular formula is C33H66N2O10S. The van der Waals surface area contributed by atoms with Crippen LogP contribution in [0.3, 0.4) is 0 Å². The van der Waals surface area contributed by atoms with E-state index < -0.39 is 0 Å². The van der Waals surface area contributed by atoms with Crippen LogP contribution in [-0.2, 0) is 47.5 Å². The lowest BCUT2D eigenvalue weighted by Gasteiger charge is -2.17. The second-order valence-corrected chi connectivity index (χ2v) is 14.1. The second-order valence-electron chi connectivity index (χ2n) is 13.0. The molecule has 274 valence electrons. The van der Waals surface area contributed by atoms with E-state index in [1.807, 2.05) is 11.8 Å². The van der Waals surface area contributed by atoms with E-state index in [4.69, 9.17) is 37.9 Å². The molecule has 0 atom stereocenters. The molecule has 0 bridgehead atoms. The van der Waals surface area contributed by atoms with E-state index in [0.717, 1.165) is 17.9 Å². The van der Waals surface area contributed by atoms with Crippen molar-refractivity contribution in [1.82, 2.24) is 10.6 Å². The summed E-state index contributed by atoms with van der Waals surface area (Å²) in [6.07, 6.45) is 1.77. The Kier molecular flexibility index (Phi) is 30.6. The fourth-order valence-corrected chi connectivity index (χ4v) is 4.38. The van der Waals surface area contributed by atoms with Gasteiger partial charge in [0.25, 0.3) is 0 Å². The molecule has 0 fully saturated rings. The summed E-state index contributed by atoms with van der Waals surface area (Å²) in [5.41, 5.74) is 0.476. The Labute approximate surface area is 283 Å². The van der Waals surface area contributed by atoms with Gasteiger partial charge in [-0.05, 0) is 23.0 Å². The first-order valence-corrected chi connectivity index (χ1v) is 17.9. The van der Waals surface area contributed by atoms with Crippen molar-refractivity contribution < 1.29 is 47.5 Å². The highest BCUT2D eigenvalue weighted by Crippen LogP contribution is 2.20. The quantitative estimate of drug-likeness (QED) is 0.0989. The zero-order valence-corrected chi connectivity index (χ0v) is 30.6. The number of ether oxygens (including phenoxy) is 8. The summed E-state index contributed by atoms with van der Waals surface area (Å²) in [5.74, 6) is 2.10. The summed E-state index contributed by atoms with van der Waals surface area (Å²) in [6, 6.07) is 0. The number of nitrogens with one attached hydrogen (secondary N) is 2. The monoisotopic (exact) mass is 682 g/mol. The van der Waals surface area contributed by atoms with Crippen molar-refractivity contribution in [2.24, 2.45) is 10.8 Å². The molecule has 0 aromatic rings. The van der Waals surface area contributed by atoms with Crippen LogP contribution in [-0.4, -0.2) is 142 Å². The average molecular weight is 683 g/mol. The van der Waals surface area contributed by atoms with E-state index in [-0.39, 0.29) is 17.2 Å². The molecule has 0 aromatic carbocycles. The number of rotatable bonds is 33. The summed E-state index contributed by atoms with van der Waals surface area (Å²) >= 11 is 1.86. The van der Waals surface area contributed by atoms with Gasteiger partial charge in [0, 0.05) is 31.7 Å². The van der Waals surface area contributed by atoms with Gasteiger partial charge in [0.15, 0.2) is 0 Å². The van der Waals surface area contributed by atoms with Gasteiger partial charge in [-0.1, -0.05) is 41.5 Å². The molecule has 2 amide bonds. The Balaban J connectivity index is 3.18. The van der Waals surface area contributed by atoms with Crippen LogP contribution in [0, 0.1) is 10.8 Å². The Bertz CT molecular complexity index is 705. The summed E-state index contributed by atoms with van der Waals surface area (Å²) in [4.78, 5) is 23.5. The molecule has 0 rings (SSSR count). The van der Waals surface area contributed by atoms with Crippen LogP contribution in [0.2, 0.25) is 0 Å². The lowest BCUT2D eigenvalue weighted by molar-refractivity contribution is -0.122. The maximum Gasteiger partial charge on any atom is 0.222 e. The van der Waals surface area contributed by atoms with Crippen LogP contribution in [0.4, 0.5) is 0 Å². The van der Waals surface area contributed by atoms with Crippen molar-refractivity contribution in [1.29, 1.82) is 0 Å². The molecule has 2 N–H and O–H groups in total. The molecule has 46 heavy (non-hydrogen) atoms. The van der Waals surface area contributed by atoms with Gasteiger partial charge in [-0.3, -0.25) is 9.59 Å². The van der Waals surface area contributed by atoms with Gasteiger partial charge in [-0.25, -0.2) is 0 Å². The number of hydrogen-bond acceptors (Lipinski definition) is 11. The Morgan fingerprint density at radius 2 is 0.804 bits per heavy atom. The second kappa shape index (κ2) is 31.3. The molecular weight excluding hydrogens is 616 g/mol. The van der Waals surface area contributed by atoms with Crippen LogP contribution in [0.25, 0.3) is 0 Å². The molecule has 0 radical (unpaired) electrons. The summed E-state index contributed by atoms with van der Waals surface area (Å²) in [7, 11) is 0. The highest BCUT2D eigenvalue weighted by molar-refractivity contribution is 7.99. The summed E-state index contributed by atoms with van der Waals surface area (Å²) in [5, 5.41) is 5.79. The molecule has 0 saturated carbocycles. The highest BCUT2D eigenvalue weighted by atomic mass is 32.2. The lowest BCUT2D eigenvalue weighted by atomic mass is 9.90. The van der Waals surface area contributed by atoms with Crippen molar-refractivity contribution >= 4 is 23.6 Å². The fraction of sp³-hybridized carbons (Fsp3) is 0.939. The highest BCUT2D eigenvalue weighted by Gasteiger charge is 2.12. The van der Waals surface area contributed by atoms with Crippen molar-refractivity contribution in [3.8, 4) is 0 Å². The Morgan fingerprint density at radius 1 is 0.457 bits per heavy atom. The number of amides is 2. The van der Waals surface area contributed by atoms with Crippen LogP contribution in [0.5, 0.6) is 0 Å². The van der Waals surface area contributed by atoms with Crippen molar-refractivity contribution in [3.63, 3.8) is 0 Å². The third kappa shape index (κ3) is 39.1. The van der Waals surface area contributed by atoms with Crippen LogP contribution in [0.15, 0.2) is 0 Å². The fourth-order valence-electron chi connectivity index (χ4n) is 3.38. The first-order chi connectivity index (χ1) is 22.0. The van der Waals surface area contributed by atoms with Gasteiger partial charge in [0.1, 0.15) is 0 Å². The average Bonchev–Trinajstić information content (AvgIpc) is 2.98. The van der Waals surface area contributed by atoms with E-state index in [2.05, 4.69) is 52.2 Å². The van der Waals surface area contributed by atoms with Gasteiger partial charge >= 0.3 is 0 Å². The van der Waals surface area contributed by atoms with Crippen LogP contribution in [0.1, 0.15) is 60.8 Å². The summed E-state index contributed by atoms with van der Waals surface area (Å²) < 4.78 is 43.7. The van der Waals surface area contributed by atoms with Gasteiger partial charge in [0.05, 0.1) is 106 Å². The predicted molar refractivity (Wildman–Crippen MR) is 183 cm³/mol. The molecule has 0 saturated heterocycles. The van der Waals surface area contributed by atoms with Crippen LogP contribution < -0.4 is 10.6 Å². The normalized spacial score (nSPS) is 12.0. The molecule has 0 unspecified atom stereocenters. The Hall–Kier alpha value is -1.03. The van der Waals surface area contributed by atoms with E-state index in [1.165, 1.54) is 0 Å². The number of carbonyl (C=O) groups excluding carboxylic acids is 2. The summed E-state index contributed by atoms with van der Waals surface area (Å²) in [6.45, 7) is 21.9. The van der Waals surface area contributed by atoms with Crippen molar-refractivity contribution in [3.05, 3.63) is 0 Å². The maximum absolute atomic E-state index is 11.8. The van der Waals surface area contributed by atoms with E-state index >= 15 is 0 Å². The molecule has 0 aromatic heterocycles. The molecule has 0 heterocycles. The number of carbonyl (C=O) groups is 2. The standard InChI is InChI=1S/C33H66N2O10S/c1-32(2,3)9-7-30(36)34-10-13-39-15-17-41-19-21-43-23-25-45-27-26-44-24-22-42-20-18-40-16-14-38-12-8-31(37)35-11-28-46-29-33(4,5)6/h7-29H2,1-6H3,(H,34,36)(H,35,37). The lowest BCUT2D eigenvalue weighted by Crippen LogP contribution is -2.28. The van der Waals surface area contributed by atoms with Gasteiger partial charge < -0.3 is 48.5 Å². The maximum atomic E-state index is 11.8. The largest absolute Gasteiger partial charge is 0.379 e. The van der Waals surface area contributed by atoms with E-state index in [1.54, 1.807) is 0 Å². The minimum atomic E-state index is 0.0207. The third-order valence-corrected chi connectivity index (χ3v) is 7.41. The molecule has 13 heteroatoms.